The summed E-state index contributed by atoms with van der Waals surface area (Å²) in [7, 11) is 3.86. The Labute approximate surface area is 143 Å². The van der Waals surface area contributed by atoms with Crippen molar-refractivity contribution in [3.8, 4) is 5.75 Å². The maximum atomic E-state index is 5.87. The topological polar surface area (TPSA) is 52.4 Å². The maximum absolute atomic E-state index is 5.87. The monoisotopic (exact) mass is 330 g/mol. The highest BCUT2D eigenvalue weighted by Crippen LogP contribution is 2.27. The predicted molar refractivity (Wildman–Crippen MR) is 92.0 cm³/mol. The molecule has 0 aliphatic carbocycles. The fourth-order valence-electron chi connectivity index (χ4n) is 3.24. The zero-order chi connectivity index (χ0) is 16.8. The lowest BCUT2D eigenvalue weighted by molar-refractivity contribution is 0.183. The van der Waals surface area contributed by atoms with Crippen LogP contribution in [0.25, 0.3) is 0 Å². The van der Waals surface area contributed by atoms with E-state index in [1.54, 1.807) is 13.4 Å². The van der Waals surface area contributed by atoms with Crippen LogP contribution in [0.2, 0.25) is 0 Å². The van der Waals surface area contributed by atoms with Gasteiger partial charge in [-0.2, -0.15) is 0 Å². The van der Waals surface area contributed by atoms with Gasteiger partial charge in [-0.25, -0.2) is 0 Å². The number of ether oxygens (including phenoxy) is 2. The fourth-order valence-corrected chi connectivity index (χ4v) is 3.24. The normalized spacial score (nSPS) is 17.4. The number of fused-ring (bicyclic) bond motifs is 1. The molecular weight excluding hydrogens is 304 g/mol. The molecule has 1 unspecified atom stereocenters. The van der Waals surface area contributed by atoms with Crippen molar-refractivity contribution in [2.24, 2.45) is 5.92 Å². The zero-order valence-electron chi connectivity index (χ0n) is 14.5. The van der Waals surface area contributed by atoms with E-state index >= 15 is 0 Å². The number of aromatic nitrogens is 3. The van der Waals surface area contributed by atoms with Crippen molar-refractivity contribution < 1.29 is 9.47 Å². The van der Waals surface area contributed by atoms with Crippen LogP contribution in [0.1, 0.15) is 17.8 Å². The Bertz CT molecular complexity index is 643. The molecule has 2 aromatic rings. The summed E-state index contributed by atoms with van der Waals surface area (Å²) in [4.78, 5) is 2.33. The van der Waals surface area contributed by atoms with E-state index in [2.05, 4.69) is 44.9 Å². The Hall–Kier alpha value is -1.92. The van der Waals surface area contributed by atoms with E-state index in [1.807, 2.05) is 6.07 Å². The number of para-hydroxylation sites is 1. The minimum Gasteiger partial charge on any atom is -0.493 e. The average molecular weight is 330 g/mol. The highest BCUT2D eigenvalue weighted by Gasteiger charge is 2.19. The molecule has 1 aromatic carbocycles. The molecule has 0 saturated heterocycles. The van der Waals surface area contributed by atoms with Gasteiger partial charge in [-0.3, -0.25) is 4.90 Å². The summed E-state index contributed by atoms with van der Waals surface area (Å²) in [5, 5.41) is 8.28. The molecule has 2 heterocycles. The van der Waals surface area contributed by atoms with Gasteiger partial charge >= 0.3 is 0 Å². The Morgan fingerprint density at radius 2 is 2.25 bits per heavy atom. The van der Waals surface area contributed by atoms with Gasteiger partial charge in [0.25, 0.3) is 0 Å². The van der Waals surface area contributed by atoms with Crippen LogP contribution in [0, 0.1) is 5.92 Å². The molecule has 0 fully saturated rings. The highest BCUT2D eigenvalue weighted by atomic mass is 16.5. The Morgan fingerprint density at radius 3 is 3.12 bits per heavy atom. The van der Waals surface area contributed by atoms with Crippen LogP contribution in [0.4, 0.5) is 0 Å². The summed E-state index contributed by atoms with van der Waals surface area (Å²) in [5.41, 5.74) is 1.32. The molecule has 0 spiro atoms. The van der Waals surface area contributed by atoms with E-state index in [4.69, 9.17) is 9.47 Å². The molecule has 0 N–H and O–H groups in total. The van der Waals surface area contributed by atoms with E-state index in [0.717, 1.165) is 50.7 Å². The standard InChI is InChI=1S/C18H26N4O2/c1-21(13-18-20-19-14-22(18)8-10-23-2)12-15-7-9-24-17-6-4-3-5-16(17)11-15/h3-6,14-15H,7-13H2,1-2H3. The number of hydrogen-bond donors (Lipinski definition) is 0. The second kappa shape index (κ2) is 8.26. The number of hydrogen-bond acceptors (Lipinski definition) is 5. The molecule has 130 valence electrons. The lowest BCUT2D eigenvalue weighted by Crippen LogP contribution is -2.28. The summed E-state index contributed by atoms with van der Waals surface area (Å²) in [6.45, 7) is 4.07. The average Bonchev–Trinajstić information content (AvgIpc) is 2.90. The quantitative estimate of drug-likeness (QED) is 0.777. The third-order valence-electron chi connectivity index (χ3n) is 4.48. The highest BCUT2D eigenvalue weighted by molar-refractivity contribution is 5.34. The summed E-state index contributed by atoms with van der Waals surface area (Å²) in [5.74, 6) is 2.62. The molecule has 0 radical (unpaired) electrons. The van der Waals surface area contributed by atoms with Crippen molar-refractivity contribution in [2.45, 2.75) is 25.9 Å². The lowest BCUT2D eigenvalue weighted by atomic mass is 9.96. The predicted octanol–water partition coefficient (Wildman–Crippen LogP) is 2.00. The molecule has 1 aliphatic heterocycles. The zero-order valence-corrected chi connectivity index (χ0v) is 14.5. The first-order valence-corrected chi connectivity index (χ1v) is 8.51. The van der Waals surface area contributed by atoms with Gasteiger partial charge in [0.15, 0.2) is 0 Å². The van der Waals surface area contributed by atoms with E-state index in [0.29, 0.717) is 12.5 Å². The minimum atomic E-state index is 0.592. The van der Waals surface area contributed by atoms with E-state index in [9.17, 15) is 0 Å². The first-order chi connectivity index (χ1) is 11.8. The van der Waals surface area contributed by atoms with Crippen molar-refractivity contribution in [1.82, 2.24) is 19.7 Å². The van der Waals surface area contributed by atoms with Gasteiger partial charge in [0, 0.05) is 20.2 Å². The van der Waals surface area contributed by atoms with Crippen LogP contribution in [-0.2, 0) is 24.2 Å². The van der Waals surface area contributed by atoms with Crippen LogP contribution in [-0.4, -0.2) is 53.6 Å². The maximum Gasteiger partial charge on any atom is 0.147 e. The van der Waals surface area contributed by atoms with Crippen LogP contribution < -0.4 is 4.74 Å². The fraction of sp³-hybridized carbons (Fsp3) is 0.556. The Kier molecular flexibility index (Phi) is 5.82. The number of rotatable bonds is 7. The van der Waals surface area contributed by atoms with Crippen molar-refractivity contribution in [3.05, 3.63) is 42.0 Å². The van der Waals surface area contributed by atoms with E-state index < -0.39 is 0 Å². The molecule has 1 aromatic heterocycles. The van der Waals surface area contributed by atoms with Gasteiger partial charge in [0.2, 0.25) is 0 Å². The first-order valence-electron chi connectivity index (χ1n) is 8.51. The molecular formula is C18H26N4O2. The van der Waals surface area contributed by atoms with Gasteiger partial charge in [0.05, 0.1) is 19.8 Å². The van der Waals surface area contributed by atoms with Gasteiger partial charge < -0.3 is 14.0 Å². The molecule has 3 rings (SSSR count). The van der Waals surface area contributed by atoms with Gasteiger partial charge in [-0.05, 0) is 37.4 Å². The molecule has 0 bridgehead atoms. The molecule has 6 nitrogen and oxygen atoms in total. The first kappa shape index (κ1) is 16.9. The summed E-state index contributed by atoms with van der Waals surface area (Å²) in [6, 6.07) is 8.37. The molecule has 0 amide bonds. The second-order valence-corrected chi connectivity index (χ2v) is 6.45. The van der Waals surface area contributed by atoms with E-state index in [-0.39, 0.29) is 0 Å². The summed E-state index contributed by atoms with van der Waals surface area (Å²) in [6.07, 6.45) is 3.92. The van der Waals surface area contributed by atoms with Crippen LogP contribution in [0.3, 0.4) is 0 Å². The van der Waals surface area contributed by atoms with Gasteiger partial charge in [-0.1, -0.05) is 18.2 Å². The molecule has 0 saturated carbocycles. The smallest absolute Gasteiger partial charge is 0.147 e. The summed E-state index contributed by atoms with van der Waals surface area (Å²) < 4.78 is 13.1. The van der Waals surface area contributed by atoms with Crippen molar-refractivity contribution in [1.29, 1.82) is 0 Å². The van der Waals surface area contributed by atoms with Crippen molar-refractivity contribution >= 4 is 0 Å². The molecule has 1 atom stereocenters. The van der Waals surface area contributed by atoms with Gasteiger partial charge in [-0.15, -0.1) is 10.2 Å². The second-order valence-electron chi connectivity index (χ2n) is 6.45. The third kappa shape index (κ3) is 4.33. The van der Waals surface area contributed by atoms with Crippen LogP contribution in [0.15, 0.2) is 30.6 Å². The number of methoxy groups -OCH3 is 1. The van der Waals surface area contributed by atoms with Crippen LogP contribution >= 0.6 is 0 Å². The number of nitrogens with zero attached hydrogens (tertiary/aromatic N) is 4. The molecule has 24 heavy (non-hydrogen) atoms. The molecule has 6 heteroatoms. The van der Waals surface area contributed by atoms with Crippen LogP contribution in [0.5, 0.6) is 5.75 Å². The third-order valence-corrected chi connectivity index (χ3v) is 4.48. The Balaban J connectivity index is 1.57. The van der Waals surface area contributed by atoms with Gasteiger partial charge in [0.1, 0.15) is 17.9 Å². The summed E-state index contributed by atoms with van der Waals surface area (Å²) >= 11 is 0. The van der Waals surface area contributed by atoms with E-state index in [1.165, 1.54) is 5.56 Å². The van der Waals surface area contributed by atoms with Crippen molar-refractivity contribution in [2.75, 3.05) is 33.9 Å². The SMILES string of the molecule is COCCn1cnnc1CN(C)CC1CCOc2ccccc2C1. The van der Waals surface area contributed by atoms with Crippen molar-refractivity contribution in [3.63, 3.8) is 0 Å². The largest absolute Gasteiger partial charge is 0.493 e. The molecule has 1 aliphatic rings. The number of benzene rings is 1. The lowest BCUT2D eigenvalue weighted by Gasteiger charge is -2.22. The Morgan fingerprint density at radius 1 is 1.38 bits per heavy atom. The minimum absolute atomic E-state index is 0.592.